The standard InChI is InChI=1S/C28H25N3O4.H2/c1-16-10-22(17(2)31-24-7-5-4-6-21(24)28(33)34-3)27-23(11-16)25(32)13-26(35-27)18-8-9-19(14-29)20(12-18)15-30;/h4-15,17,29-31H,1-3H3;1H. The molecule has 0 saturated carbocycles. The lowest BCUT2D eigenvalue weighted by molar-refractivity contribution is 0.0602. The molecule has 0 aliphatic heterocycles. The predicted molar refractivity (Wildman–Crippen MR) is 140 cm³/mol. The van der Waals surface area contributed by atoms with Gasteiger partial charge in [-0.05, 0) is 43.7 Å². The maximum Gasteiger partial charge on any atom is 0.339 e. The van der Waals surface area contributed by atoms with Gasteiger partial charge < -0.3 is 25.3 Å². The third kappa shape index (κ3) is 4.61. The number of hydrogen-bond acceptors (Lipinski definition) is 7. The molecule has 7 heteroatoms. The molecule has 0 radical (unpaired) electrons. The first-order valence-electron chi connectivity index (χ1n) is 11.0. The molecule has 1 unspecified atom stereocenters. The Kier molecular flexibility index (Phi) is 6.59. The summed E-state index contributed by atoms with van der Waals surface area (Å²) in [4.78, 5) is 25.3. The van der Waals surface area contributed by atoms with Crippen LogP contribution in [0.25, 0.3) is 22.3 Å². The molecule has 4 aromatic rings. The summed E-state index contributed by atoms with van der Waals surface area (Å²) in [6.07, 6.45) is 2.35. The van der Waals surface area contributed by atoms with Gasteiger partial charge in [-0.25, -0.2) is 4.79 Å². The monoisotopic (exact) mass is 469 g/mol. The van der Waals surface area contributed by atoms with Gasteiger partial charge in [0.05, 0.1) is 24.1 Å². The van der Waals surface area contributed by atoms with E-state index < -0.39 is 5.97 Å². The van der Waals surface area contributed by atoms with E-state index in [4.69, 9.17) is 20.0 Å². The number of para-hydroxylation sites is 1. The van der Waals surface area contributed by atoms with E-state index in [0.29, 0.717) is 44.7 Å². The molecule has 0 bridgehead atoms. The van der Waals surface area contributed by atoms with Gasteiger partial charge in [-0.3, -0.25) is 4.79 Å². The lowest BCUT2D eigenvalue weighted by Crippen LogP contribution is -2.13. The van der Waals surface area contributed by atoms with Crippen molar-refractivity contribution in [2.75, 3.05) is 12.4 Å². The minimum atomic E-state index is -0.446. The molecule has 0 saturated heterocycles. The summed E-state index contributed by atoms with van der Waals surface area (Å²) in [6.45, 7) is 3.85. The highest BCUT2D eigenvalue weighted by molar-refractivity contribution is 5.96. The van der Waals surface area contributed by atoms with Crippen molar-refractivity contribution >= 4 is 35.1 Å². The molecular formula is C28H27N3O4. The zero-order valence-corrected chi connectivity index (χ0v) is 19.6. The third-order valence-corrected chi connectivity index (χ3v) is 5.85. The number of rotatable bonds is 7. The van der Waals surface area contributed by atoms with Gasteiger partial charge in [-0.2, -0.15) is 0 Å². The topological polar surface area (TPSA) is 116 Å². The third-order valence-electron chi connectivity index (χ3n) is 5.85. The van der Waals surface area contributed by atoms with Gasteiger partial charge in [0.2, 0.25) is 0 Å². The van der Waals surface area contributed by atoms with Crippen LogP contribution in [0.5, 0.6) is 0 Å². The van der Waals surface area contributed by atoms with Crippen LogP contribution in [0.15, 0.2) is 69.9 Å². The molecule has 178 valence electrons. The van der Waals surface area contributed by atoms with Gasteiger partial charge >= 0.3 is 5.97 Å². The molecule has 1 atom stereocenters. The molecule has 4 rings (SSSR count). The summed E-state index contributed by atoms with van der Waals surface area (Å²) in [7, 11) is 1.34. The summed E-state index contributed by atoms with van der Waals surface area (Å²) >= 11 is 0. The van der Waals surface area contributed by atoms with Gasteiger partial charge in [0, 0.05) is 47.9 Å². The zero-order valence-electron chi connectivity index (χ0n) is 19.6. The molecule has 0 spiro atoms. The lowest BCUT2D eigenvalue weighted by atomic mass is 9.99. The molecule has 35 heavy (non-hydrogen) atoms. The molecular weight excluding hydrogens is 442 g/mol. The molecule has 1 heterocycles. The minimum absolute atomic E-state index is 0. The largest absolute Gasteiger partial charge is 0.465 e. The second-order valence-electron chi connectivity index (χ2n) is 8.24. The number of benzene rings is 3. The van der Waals surface area contributed by atoms with E-state index >= 15 is 0 Å². The number of aryl methyl sites for hydroxylation is 1. The summed E-state index contributed by atoms with van der Waals surface area (Å²) < 4.78 is 11.2. The minimum Gasteiger partial charge on any atom is -0.465 e. The quantitative estimate of drug-likeness (QED) is 0.228. The zero-order chi connectivity index (χ0) is 25.1. The van der Waals surface area contributed by atoms with Crippen LogP contribution in [-0.2, 0) is 4.74 Å². The van der Waals surface area contributed by atoms with Gasteiger partial charge in [-0.1, -0.05) is 30.3 Å². The number of methoxy groups -OCH3 is 1. The first-order chi connectivity index (χ1) is 16.9. The number of carbonyl (C=O) groups is 1. The van der Waals surface area contributed by atoms with E-state index in [0.717, 1.165) is 11.1 Å². The molecule has 0 amide bonds. The fraction of sp³-hybridized carbons (Fsp3) is 0.143. The van der Waals surface area contributed by atoms with Crippen LogP contribution in [0.1, 0.15) is 47.0 Å². The van der Waals surface area contributed by atoms with E-state index in [2.05, 4.69) is 5.32 Å². The number of esters is 1. The van der Waals surface area contributed by atoms with E-state index in [1.165, 1.54) is 25.6 Å². The molecule has 3 aromatic carbocycles. The number of nitrogens with one attached hydrogen (secondary N) is 3. The van der Waals surface area contributed by atoms with Gasteiger partial charge in [0.1, 0.15) is 11.3 Å². The van der Waals surface area contributed by atoms with Gasteiger partial charge in [0.25, 0.3) is 0 Å². The van der Waals surface area contributed by atoms with Crippen molar-refractivity contribution in [3.63, 3.8) is 0 Å². The highest BCUT2D eigenvalue weighted by Crippen LogP contribution is 2.31. The predicted octanol–water partition coefficient (Wildman–Crippen LogP) is 5.97. The van der Waals surface area contributed by atoms with Crippen LogP contribution in [0.4, 0.5) is 5.69 Å². The van der Waals surface area contributed by atoms with Crippen molar-refractivity contribution in [2.45, 2.75) is 19.9 Å². The van der Waals surface area contributed by atoms with Crippen LogP contribution in [0.2, 0.25) is 0 Å². The van der Waals surface area contributed by atoms with Crippen LogP contribution in [0, 0.1) is 17.7 Å². The highest BCUT2D eigenvalue weighted by atomic mass is 16.5. The summed E-state index contributed by atoms with van der Waals surface area (Å²) in [5, 5.41) is 19.0. The fourth-order valence-corrected chi connectivity index (χ4v) is 4.09. The van der Waals surface area contributed by atoms with Crippen molar-refractivity contribution in [3.8, 4) is 11.3 Å². The lowest BCUT2D eigenvalue weighted by Gasteiger charge is -2.19. The molecule has 0 fully saturated rings. The Balaban J connectivity index is 0.00000361. The van der Waals surface area contributed by atoms with Crippen LogP contribution >= 0.6 is 0 Å². The Morgan fingerprint density at radius 1 is 1.06 bits per heavy atom. The number of anilines is 1. The van der Waals surface area contributed by atoms with E-state index in [1.807, 2.05) is 26.0 Å². The average Bonchev–Trinajstić information content (AvgIpc) is 2.87. The second-order valence-corrected chi connectivity index (χ2v) is 8.24. The van der Waals surface area contributed by atoms with Gasteiger partial charge in [0.15, 0.2) is 5.43 Å². The SMILES string of the molecule is COC(=O)c1ccccc1NC(C)c1cc(C)cc2c(=O)cc(-c3ccc(C=N)c(C=N)c3)oc12.[HH]. The van der Waals surface area contributed by atoms with E-state index in [9.17, 15) is 9.59 Å². The Morgan fingerprint density at radius 2 is 1.80 bits per heavy atom. The normalized spacial score (nSPS) is 11.6. The number of carbonyl (C=O) groups excluding carboxylic acids is 1. The van der Waals surface area contributed by atoms with E-state index in [1.54, 1.807) is 42.5 Å². The first kappa shape index (κ1) is 23.6. The molecule has 0 aliphatic rings. The Hall–Kier alpha value is -4.52. The second kappa shape index (κ2) is 9.77. The summed E-state index contributed by atoms with van der Waals surface area (Å²) in [5.74, 6) is -0.0759. The van der Waals surface area contributed by atoms with E-state index in [-0.39, 0.29) is 12.9 Å². The number of fused-ring (bicyclic) bond motifs is 1. The van der Waals surface area contributed by atoms with Crippen molar-refractivity contribution in [2.24, 2.45) is 0 Å². The van der Waals surface area contributed by atoms with Crippen LogP contribution in [-0.4, -0.2) is 25.5 Å². The Bertz CT molecular complexity index is 1530. The summed E-state index contributed by atoms with van der Waals surface area (Å²) in [5.41, 5.74) is 4.75. The molecule has 3 N–H and O–H groups in total. The molecule has 7 nitrogen and oxygen atoms in total. The maximum atomic E-state index is 13.1. The molecule has 1 aromatic heterocycles. The highest BCUT2D eigenvalue weighted by Gasteiger charge is 2.19. The van der Waals surface area contributed by atoms with Gasteiger partial charge in [-0.15, -0.1) is 0 Å². The summed E-state index contributed by atoms with van der Waals surface area (Å²) in [6, 6.07) is 17.2. The van der Waals surface area contributed by atoms with Crippen molar-refractivity contribution in [3.05, 3.63) is 98.7 Å². The van der Waals surface area contributed by atoms with Crippen LogP contribution < -0.4 is 10.7 Å². The van der Waals surface area contributed by atoms with Crippen molar-refractivity contribution in [1.29, 1.82) is 10.8 Å². The smallest absolute Gasteiger partial charge is 0.339 e. The Morgan fingerprint density at radius 3 is 2.51 bits per heavy atom. The fourth-order valence-electron chi connectivity index (χ4n) is 4.09. The maximum absolute atomic E-state index is 13.1. The Labute approximate surface area is 203 Å². The molecule has 0 aliphatic carbocycles. The first-order valence-corrected chi connectivity index (χ1v) is 11.0. The number of hydrogen-bond donors (Lipinski definition) is 3. The average molecular weight is 470 g/mol. The van der Waals surface area contributed by atoms with Crippen molar-refractivity contribution < 1.29 is 15.4 Å². The van der Waals surface area contributed by atoms with Crippen molar-refractivity contribution in [1.82, 2.24) is 0 Å². The number of ether oxygens (including phenoxy) is 1. The van der Waals surface area contributed by atoms with Crippen LogP contribution in [0.3, 0.4) is 0 Å².